The maximum Gasteiger partial charge on any atom is 0.411 e. The largest absolute Gasteiger partial charge is 0.490 e. The minimum Gasteiger partial charge on any atom is -0.490 e. The Morgan fingerprint density at radius 3 is 2.74 bits per heavy atom. The molecule has 4 nitrogen and oxygen atoms in total. The number of rotatable bonds is 5. The second-order valence-corrected chi connectivity index (χ2v) is 3.43. The Labute approximate surface area is 108 Å². The van der Waals surface area contributed by atoms with Crippen LogP contribution in [0.3, 0.4) is 0 Å². The molecule has 0 aromatic carbocycles. The van der Waals surface area contributed by atoms with Crippen LogP contribution in [0.25, 0.3) is 0 Å². The summed E-state index contributed by atoms with van der Waals surface area (Å²) < 4.78 is 44.9. The van der Waals surface area contributed by atoms with E-state index in [1.807, 2.05) is 0 Å². The lowest BCUT2D eigenvalue weighted by Crippen LogP contribution is -2.19. The maximum absolute atomic E-state index is 11.8. The number of nitrogens with zero attached hydrogens (tertiary/aromatic N) is 1. The number of ether oxygens (including phenoxy) is 2. The van der Waals surface area contributed by atoms with E-state index in [2.05, 4.69) is 21.6 Å². The van der Waals surface area contributed by atoms with Crippen molar-refractivity contribution in [2.24, 2.45) is 5.73 Å². The normalized spacial score (nSPS) is 10.7. The van der Waals surface area contributed by atoms with Gasteiger partial charge in [-0.25, -0.2) is 0 Å². The van der Waals surface area contributed by atoms with Crippen LogP contribution >= 0.6 is 0 Å². The van der Waals surface area contributed by atoms with E-state index in [9.17, 15) is 13.2 Å². The summed E-state index contributed by atoms with van der Waals surface area (Å²) >= 11 is 0. The minimum absolute atomic E-state index is 0.00549. The van der Waals surface area contributed by atoms with E-state index < -0.39 is 12.8 Å². The summed E-state index contributed by atoms with van der Waals surface area (Å²) in [6, 6.07) is 1.62. The smallest absolute Gasteiger partial charge is 0.411 e. The summed E-state index contributed by atoms with van der Waals surface area (Å²) in [5.41, 5.74) is 5.85. The van der Waals surface area contributed by atoms with Crippen molar-refractivity contribution in [3.8, 4) is 17.6 Å². The Morgan fingerprint density at radius 2 is 2.05 bits per heavy atom. The van der Waals surface area contributed by atoms with Gasteiger partial charge in [-0.05, 0) is 6.07 Å². The van der Waals surface area contributed by atoms with Gasteiger partial charge in [0.1, 0.15) is 19.0 Å². The number of alkyl halides is 3. The van der Waals surface area contributed by atoms with E-state index in [4.69, 9.17) is 10.5 Å². The van der Waals surface area contributed by atoms with E-state index in [0.29, 0.717) is 11.3 Å². The molecule has 7 heteroatoms. The van der Waals surface area contributed by atoms with Crippen molar-refractivity contribution in [1.29, 1.82) is 0 Å². The first kappa shape index (κ1) is 15.3. The van der Waals surface area contributed by atoms with Crippen LogP contribution in [0, 0.1) is 11.8 Å². The molecule has 0 atom stereocenters. The van der Waals surface area contributed by atoms with Gasteiger partial charge in [-0.2, -0.15) is 13.2 Å². The standard InChI is InChI=1S/C12H13F3N2O2/c13-12(14,15)9-18-4-5-19-11-6-10(2-1-3-16)7-17-8-11/h6-8H,3-5,9,16H2. The molecule has 1 rings (SSSR count). The molecule has 0 spiro atoms. The maximum atomic E-state index is 11.8. The fourth-order valence-corrected chi connectivity index (χ4v) is 1.13. The van der Waals surface area contributed by atoms with E-state index in [1.165, 1.54) is 12.4 Å². The summed E-state index contributed by atoms with van der Waals surface area (Å²) in [6.07, 6.45) is -1.34. The van der Waals surface area contributed by atoms with Crippen molar-refractivity contribution in [1.82, 2.24) is 4.98 Å². The lowest BCUT2D eigenvalue weighted by atomic mass is 10.3. The molecule has 0 bridgehead atoms. The first-order valence-electron chi connectivity index (χ1n) is 5.42. The molecule has 0 unspecified atom stereocenters. The number of hydrogen-bond donors (Lipinski definition) is 1. The zero-order valence-electron chi connectivity index (χ0n) is 10.0. The van der Waals surface area contributed by atoms with E-state index in [0.717, 1.165) is 0 Å². The first-order chi connectivity index (χ1) is 9.01. The van der Waals surface area contributed by atoms with Crippen LogP contribution in [-0.2, 0) is 4.74 Å². The van der Waals surface area contributed by atoms with Crippen molar-refractivity contribution in [3.05, 3.63) is 24.0 Å². The predicted octanol–water partition coefficient (Wildman–Crippen LogP) is 1.35. The van der Waals surface area contributed by atoms with Gasteiger partial charge in [-0.3, -0.25) is 4.98 Å². The number of nitrogens with two attached hydrogens (primary N) is 1. The molecule has 2 N–H and O–H groups in total. The predicted molar refractivity (Wildman–Crippen MR) is 62.5 cm³/mol. The van der Waals surface area contributed by atoms with Crippen LogP contribution in [0.1, 0.15) is 5.56 Å². The van der Waals surface area contributed by atoms with Crippen LogP contribution in [0.2, 0.25) is 0 Å². The molecule has 19 heavy (non-hydrogen) atoms. The second-order valence-electron chi connectivity index (χ2n) is 3.43. The highest BCUT2D eigenvalue weighted by atomic mass is 19.4. The number of hydrogen-bond acceptors (Lipinski definition) is 4. The number of pyridine rings is 1. The Bertz CT molecular complexity index is 452. The Balaban J connectivity index is 2.33. The SMILES string of the molecule is NCC#Cc1cncc(OCCOCC(F)(F)F)c1. The molecule has 0 aliphatic rings. The van der Waals surface area contributed by atoms with Crippen molar-refractivity contribution in [2.75, 3.05) is 26.4 Å². The molecule has 0 saturated heterocycles. The van der Waals surface area contributed by atoms with Gasteiger partial charge < -0.3 is 15.2 Å². The second kappa shape index (κ2) is 7.61. The van der Waals surface area contributed by atoms with Crippen LogP contribution < -0.4 is 10.5 Å². The van der Waals surface area contributed by atoms with Crippen molar-refractivity contribution < 1.29 is 22.6 Å². The van der Waals surface area contributed by atoms with Crippen LogP contribution in [0.5, 0.6) is 5.75 Å². The summed E-state index contributed by atoms with van der Waals surface area (Å²) in [7, 11) is 0. The molecular weight excluding hydrogens is 261 g/mol. The summed E-state index contributed by atoms with van der Waals surface area (Å²) in [5.74, 6) is 5.84. The average Bonchev–Trinajstić information content (AvgIpc) is 2.35. The van der Waals surface area contributed by atoms with E-state index >= 15 is 0 Å². The molecule has 0 saturated carbocycles. The highest BCUT2D eigenvalue weighted by Crippen LogP contribution is 2.14. The van der Waals surface area contributed by atoms with Gasteiger partial charge in [0.15, 0.2) is 0 Å². The zero-order chi connectivity index (χ0) is 14.1. The summed E-state index contributed by atoms with van der Waals surface area (Å²) in [6.45, 7) is -1.20. The summed E-state index contributed by atoms with van der Waals surface area (Å²) in [5, 5.41) is 0. The fraction of sp³-hybridized carbons (Fsp3) is 0.417. The van der Waals surface area contributed by atoms with Gasteiger partial charge in [0.05, 0.1) is 19.3 Å². The van der Waals surface area contributed by atoms with Gasteiger partial charge in [-0.1, -0.05) is 11.8 Å². The first-order valence-corrected chi connectivity index (χ1v) is 5.42. The Kier molecular flexibility index (Phi) is 6.12. The van der Waals surface area contributed by atoms with E-state index in [1.54, 1.807) is 6.07 Å². The third-order valence-electron chi connectivity index (χ3n) is 1.81. The third kappa shape index (κ3) is 7.28. The lowest BCUT2D eigenvalue weighted by molar-refractivity contribution is -0.175. The van der Waals surface area contributed by atoms with Crippen molar-refractivity contribution in [2.45, 2.75) is 6.18 Å². The van der Waals surface area contributed by atoms with Gasteiger partial charge >= 0.3 is 6.18 Å². The molecule has 0 aliphatic carbocycles. The van der Waals surface area contributed by atoms with E-state index in [-0.39, 0.29) is 19.8 Å². The molecule has 1 heterocycles. The van der Waals surface area contributed by atoms with Crippen molar-refractivity contribution in [3.63, 3.8) is 0 Å². The van der Waals surface area contributed by atoms with Gasteiger partial charge in [-0.15, -0.1) is 0 Å². The van der Waals surface area contributed by atoms with Crippen molar-refractivity contribution >= 4 is 0 Å². The molecule has 0 amide bonds. The molecule has 104 valence electrons. The quantitative estimate of drug-likeness (QED) is 0.650. The highest BCUT2D eigenvalue weighted by Gasteiger charge is 2.27. The minimum atomic E-state index is -4.32. The lowest BCUT2D eigenvalue weighted by Gasteiger charge is -2.08. The fourth-order valence-electron chi connectivity index (χ4n) is 1.13. The Hall–Kier alpha value is -1.78. The van der Waals surface area contributed by atoms with Gasteiger partial charge in [0.25, 0.3) is 0 Å². The van der Waals surface area contributed by atoms with Crippen LogP contribution in [0.15, 0.2) is 18.5 Å². The van der Waals surface area contributed by atoms with Gasteiger partial charge in [0, 0.05) is 11.8 Å². The van der Waals surface area contributed by atoms with Crippen LogP contribution in [-0.4, -0.2) is 37.5 Å². The van der Waals surface area contributed by atoms with Gasteiger partial charge in [0.2, 0.25) is 0 Å². The average molecular weight is 274 g/mol. The monoisotopic (exact) mass is 274 g/mol. The zero-order valence-corrected chi connectivity index (χ0v) is 10.0. The molecule has 0 radical (unpaired) electrons. The molecule has 1 aromatic rings. The molecule has 1 aromatic heterocycles. The van der Waals surface area contributed by atoms with Crippen LogP contribution in [0.4, 0.5) is 13.2 Å². The summed E-state index contributed by atoms with van der Waals surface area (Å²) in [4.78, 5) is 3.89. The molecule has 0 aliphatic heterocycles. The molecular formula is C12H13F3N2O2. The third-order valence-corrected chi connectivity index (χ3v) is 1.81. The topological polar surface area (TPSA) is 57.4 Å². The molecule has 0 fully saturated rings. The highest BCUT2D eigenvalue weighted by molar-refractivity contribution is 5.36. The number of aromatic nitrogens is 1. The number of halogens is 3. The Morgan fingerprint density at radius 1 is 1.26 bits per heavy atom.